The minimum atomic E-state index is -0.262. The van der Waals surface area contributed by atoms with E-state index in [0.29, 0.717) is 37.1 Å². The van der Waals surface area contributed by atoms with Crippen molar-refractivity contribution in [2.24, 2.45) is 0 Å². The van der Waals surface area contributed by atoms with Gasteiger partial charge in [-0.2, -0.15) is 0 Å². The van der Waals surface area contributed by atoms with Crippen molar-refractivity contribution >= 4 is 22.8 Å². The summed E-state index contributed by atoms with van der Waals surface area (Å²) in [5.74, 6) is 1.29. The van der Waals surface area contributed by atoms with Gasteiger partial charge in [-0.1, -0.05) is 19.9 Å². The molecule has 0 spiro atoms. The number of hydrogen-bond donors (Lipinski definition) is 2. The standard InChI is InChI=1S/C28H32N6O3/c1-5-28(2,22-9-8-18(27(35)29-3)11-24(22)36-4)16-31-25-12-23(32-17-33-25)21-13-34(19-14-37-15-19)26-20(21)7-6-10-30-26/h6-13,17,19H,5,14-16H2,1-4H3,(H,29,35)(H,31,32,33). The summed E-state index contributed by atoms with van der Waals surface area (Å²) in [5.41, 5.74) is 4.12. The highest BCUT2D eigenvalue weighted by Crippen LogP contribution is 2.36. The molecule has 0 radical (unpaired) electrons. The monoisotopic (exact) mass is 500 g/mol. The van der Waals surface area contributed by atoms with Gasteiger partial charge in [-0.15, -0.1) is 0 Å². The maximum Gasteiger partial charge on any atom is 0.251 e. The molecule has 0 aliphatic carbocycles. The molecule has 1 saturated heterocycles. The quantitative estimate of drug-likeness (QED) is 0.355. The fourth-order valence-corrected chi connectivity index (χ4v) is 4.72. The number of amides is 1. The molecule has 1 aliphatic heterocycles. The summed E-state index contributed by atoms with van der Waals surface area (Å²) in [4.78, 5) is 25.8. The van der Waals surface area contributed by atoms with Gasteiger partial charge >= 0.3 is 0 Å². The smallest absolute Gasteiger partial charge is 0.251 e. The number of methoxy groups -OCH3 is 1. The molecule has 0 bridgehead atoms. The van der Waals surface area contributed by atoms with Crippen molar-refractivity contribution in [3.8, 4) is 17.0 Å². The molecule has 192 valence electrons. The van der Waals surface area contributed by atoms with Crippen LogP contribution in [0.1, 0.15) is 42.2 Å². The number of carbonyl (C=O) groups is 1. The van der Waals surface area contributed by atoms with Crippen molar-refractivity contribution in [2.75, 3.05) is 39.2 Å². The van der Waals surface area contributed by atoms with Crippen molar-refractivity contribution in [1.29, 1.82) is 0 Å². The van der Waals surface area contributed by atoms with E-state index in [2.05, 4.69) is 56.3 Å². The minimum Gasteiger partial charge on any atom is -0.496 e. The molecular formula is C28H32N6O3. The van der Waals surface area contributed by atoms with E-state index >= 15 is 0 Å². The number of ether oxygens (including phenoxy) is 2. The first-order valence-electron chi connectivity index (χ1n) is 12.5. The van der Waals surface area contributed by atoms with E-state index in [1.54, 1.807) is 26.6 Å². The summed E-state index contributed by atoms with van der Waals surface area (Å²) in [7, 11) is 3.25. The summed E-state index contributed by atoms with van der Waals surface area (Å²) < 4.78 is 13.3. The average Bonchev–Trinajstić information content (AvgIpc) is 3.29. The normalized spacial score (nSPS) is 15.1. The van der Waals surface area contributed by atoms with E-state index in [1.165, 1.54) is 0 Å². The summed E-state index contributed by atoms with van der Waals surface area (Å²) in [5, 5.41) is 7.23. The van der Waals surface area contributed by atoms with Crippen LogP contribution in [0.4, 0.5) is 5.82 Å². The molecule has 4 aromatic rings. The molecule has 1 amide bonds. The van der Waals surface area contributed by atoms with Crippen LogP contribution < -0.4 is 15.4 Å². The van der Waals surface area contributed by atoms with Gasteiger partial charge in [0.2, 0.25) is 0 Å². The van der Waals surface area contributed by atoms with Crippen molar-refractivity contribution in [1.82, 2.24) is 24.8 Å². The molecule has 37 heavy (non-hydrogen) atoms. The zero-order valence-electron chi connectivity index (χ0n) is 21.6. The Labute approximate surface area is 216 Å². The lowest BCUT2D eigenvalue weighted by atomic mass is 9.79. The summed E-state index contributed by atoms with van der Waals surface area (Å²) >= 11 is 0. The molecule has 9 heteroatoms. The second kappa shape index (κ2) is 10.2. The number of hydrogen-bond acceptors (Lipinski definition) is 7. The third kappa shape index (κ3) is 4.62. The zero-order valence-corrected chi connectivity index (χ0v) is 21.6. The van der Waals surface area contributed by atoms with E-state index < -0.39 is 0 Å². The fourth-order valence-electron chi connectivity index (χ4n) is 4.72. The Morgan fingerprint density at radius 2 is 2.05 bits per heavy atom. The van der Waals surface area contributed by atoms with Crippen LogP contribution in [-0.4, -0.2) is 59.3 Å². The second-order valence-corrected chi connectivity index (χ2v) is 9.57. The van der Waals surface area contributed by atoms with Gasteiger partial charge in [-0.3, -0.25) is 4.79 Å². The van der Waals surface area contributed by atoms with E-state index in [1.807, 2.05) is 30.5 Å². The van der Waals surface area contributed by atoms with Crippen molar-refractivity contribution in [3.05, 3.63) is 66.2 Å². The van der Waals surface area contributed by atoms with Gasteiger partial charge in [0.25, 0.3) is 5.91 Å². The van der Waals surface area contributed by atoms with Crippen LogP contribution in [0.15, 0.2) is 55.1 Å². The predicted molar refractivity (Wildman–Crippen MR) is 143 cm³/mol. The first kappa shape index (κ1) is 24.7. The van der Waals surface area contributed by atoms with Crippen LogP contribution in [0.25, 0.3) is 22.3 Å². The first-order valence-corrected chi connectivity index (χ1v) is 12.5. The third-order valence-electron chi connectivity index (χ3n) is 7.33. The lowest BCUT2D eigenvalue weighted by Gasteiger charge is -2.31. The number of aromatic nitrogens is 4. The lowest BCUT2D eigenvalue weighted by Crippen LogP contribution is -2.31. The molecule has 1 fully saturated rings. The van der Waals surface area contributed by atoms with Crippen molar-refractivity contribution in [2.45, 2.75) is 31.7 Å². The number of pyridine rings is 1. The Morgan fingerprint density at radius 3 is 2.76 bits per heavy atom. The number of nitrogens with one attached hydrogen (secondary N) is 2. The Kier molecular flexibility index (Phi) is 6.80. The van der Waals surface area contributed by atoms with Crippen LogP contribution >= 0.6 is 0 Å². The molecule has 1 atom stereocenters. The highest BCUT2D eigenvalue weighted by Gasteiger charge is 2.29. The van der Waals surface area contributed by atoms with Gasteiger partial charge in [0.1, 0.15) is 23.5 Å². The van der Waals surface area contributed by atoms with Crippen LogP contribution in [0.3, 0.4) is 0 Å². The number of nitrogens with zero attached hydrogens (tertiary/aromatic N) is 4. The number of anilines is 1. The van der Waals surface area contributed by atoms with E-state index in [-0.39, 0.29) is 11.3 Å². The third-order valence-corrected chi connectivity index (χ3v) is 7.33. The van der Waals surface area contributed by atoms with E-state index in [0.717, 1.165) is 40.1 Å². The van der Waals surface area contributed by atoms with Gasteiger partial charge < -0.3 is 24.7 Å². The topological polar surface area (TPSA) is 103 Å². The Morgan fingerprint density at radius 1 is 1.22 bits per heavy atom. The number of carbonyl (C=O) groups excluding carboxylic acids is 1. The Bertz CT molecular complexity index is 1430. The van der Waals surface area contributed by atoms with Gasteiger partial charge in [0.15, 0.2) is 0 Å². The Balaban J connectivity index is 1.42. The summed E-state index contributed by atoms with van der Waals surface area (Å²) in [6, 6.07) is 11.9. The molecule has 3 aromatic heterocycles. The molecule has 1 aliphatic rings. The fraction of sp³-hybridized carbons (Fsp3) is 0.357. The highest BCUT2D eigenvalue weighted by atomic mass is 16.5. The minimum absolute atomic E-state index is 0.143. The molecule has 4 heterocycles. The predicted octanol–water partition coefficient (Wildman–Crippen LogP) is 4.21. The summed E-state index contributed by atoms with van der Waals surface area (Å²) in [6.45, 7) is 6.34. The number of rotatable bonds is 9. The largest absolute Gasteiger partial charge is 0.496 e. The van der Waals surface area contributed by atoms with E-state index in [4.69, 9.17) is 9.47 Å². The van der Waals surface area contributed by atoms with Crippen molar-refractivity contribution < 1.29 is 14.3 Å². The van der Waals surface area contributed by atoms with Crippen LogP contribution in [0, 0.1) is 0 Å². The molecular weight excluding hydrogens is 468 g/mol. The van der Waals surface area contributed by atoms with Crippen molar-refractivity contribution in [3.63, 3.8) is 0 Å². The SMILES string of the molecule is CCC(C)(CNc1cc(-c2cn(C3COC3)c3ncccc23)ncn1)c1ccc(C(=O)NC)cc1OC. The van der Waals surface area contributed by atoms with Crippen LogP contribution in [-0.2, 0) is 10.2 Å². The average molecular weight is 501 g/mol. The molecule has 0 saturated carbocycles. The zero-order chi connectivity index (χ0) is 26.0. The van der Waals surface area contributed by atoms with Crippen LogP contribution in [0.5, 0.6) is 5.75 Å². The molecule has 5 rings (SSSR count). The van der Waals surface area contributed by atoms with Gasteiger partial charge in [-0.25, -0.2) is 15.0 Å². The molecule has 1 unspecified atom stereocenters. The molecule has 2 N–H and O–H groups in total. The number of fused-ring (bicyclic) bond motifs is 1. The number of benzene rings is 1. The van der Waals surface area contributed by atoms with E-state index in [9.17, 15) is 4.79 Å². The van der Waals surface area contributed by atoms with Crippen LogP contribution in [0.2, 0.25) is 0 Å². The molecule has 9 nitrogen and oxygen atoms in total. The maximum atomic E-state index is 12.1. The van der Waals surface area contributed by atoms with Gasteiger partial charge in [0, 0.05) is 59.5 Å². The highest BCUT2D eigenvalue weighted by molar-refractivity contribution is 5.95. The van der Waals surface area contributed by atoms with Gasteiger partial charge in [-0.05, 0) is 30.7 Å². The second-order valence-electron chi connectivity index (χ2n) is 9.57. The molecule has 1 aromatic carbocycles. The summed E-state index contributed by atoms with van der Waals surface area (Å²) in [6.07, 6.45) is 6.38. The van der Waals surface area contributed by atoms with Gasteiger partial charge in [0.05, 0.1) is 32.1 Å². The first-order chi connectivity index (χ1) is 18.0. The maximum absolute atomic E-state index is 12.1. The lowest BCUT2D eigenvalue weighted by molar-refractivity contribution is -0.0215. The Hall–Kier alpha value is -3.98.